The van der Waals surface area contributed by atoms with Gasteiger partial charge < -0.3 is 5.73 Å². The predicted octanol–water partition coefficient (Wildman–Crippen LogP) is 1.88. The van der Waals surface area contributed by atoms with E-state index in [1.54, 1.807) is 5.01 Å². The fourth-order valence-corrected chi connectivity index (χ4v) is 2.87. The van der Waals surface area contributed by atoms with Gasteiger partial charge in [-0.15, -0.1) is 0 Å². The lowest BCUT2D eigenvalue weighted by atomic mass is 10.1. The number of carbonyl (C=O) groups excluding carboxylic acids is 1. The Balaban J connectivity index is 1.73. The van der Waals surface area contributed by atoms with Gasteiger partial charge in [-0.05, 0) is 30.4 Å². The summed E-state index contributed by atoms with van der Waals surface area (Å²) in [5.41, 5.74) is 12.6. The van der Waals surface area contributed by atoms with Gasteiger partial charge in [0.05, 0.1) is 18.7 Å². The van der Waals surface area contributed by atoms with Gasteiger partial charge in [-0.2, -0.15) is 0 Å². The maximum Gasteiger partial charge on any atom is 0.243 e. The Kier molecular flexibility index (Phi) is 4.06. The van der Waals surface area contributed by atoms with Crippen molar-refractivity contribution in [3.05, 3.63) is 59.4 Å². The second-order valence-corrected chi connectivity index (χ2v) is 5.49. The van der Waals surface area contributed by atoms with E-state index in [1.165, 1.54) is 0 Å². The van der Waals surface area contributed by atoms with Gasteiger partial charge in [0.1, 0.15) is 5.84 Å². The molecule has 1 heterocycles. The number of amidine groups is 1. The molecule has 2 aliphatic rings. The van der Waals surface area contributed by atoms with Crippen molar-refractivity contribution < 1.29 is 4.79 Å². The second-order valence-electron chi connectivity index (χ2n) is 5.49. The first-order valence-corrected chi connectivity index (χ1v) is 7.51. The molecule has 1 aliphatic carbocycles. The molecule has 0 atom stereocenters. The summed E-state index contributed by atoms with van der Waals surface area (Å²) in [7, 11) is 0. The molecule has 1 aliphatic heterocycles. The van der Waals surface area contributed by atoms with Crippen LogP contribution in [0.4, 0.5) is 0 Å². The van der Waals surface area contributed by atoms with E-state index in [0.717, 1.165) is 41.8 Å². The molecular weight excluding hydrogens is 276 g/mol. The maximum absolute atomic E-state index is 12.3. The molecule has 114 valence electrons. The number of amides is 1. The first-order valence-electron chi connectivity index (χ1n) is 7.51. The molecule has 1 amide bonds. The number of nitrogens with one attached hydrogen (secondary N) is 1. The van der Waals surface area contributed by atoms with E-state index in [2.05, 4.69) is 17.0 Å². The highest BCUT2D eigenvalue weighted by Gasteiger charge is 2.28. The number of nitrogens with zero attached hydrogens (tertiary/aromatic N) is 2. The lowest BCUT2D eigenvalue weighted by Gasteiger charge is -2.31. The number of hydrazine groups is 1. The summed E-state index contributed by atoms with van der Waals surface area (Å²) in [6.45, 7) is 4.38. The average Bonchev–Trinajstić information content (AvgIpc) is 2.99. The Morgan fingerprint density at radius 2 is 2.09 bits per heavy atom. The lowest BCUT2D eigenvalue weighted by Crippen LogP contribution is -2.49. The normalized spacial score (nSPS) is 17.4. The van der Waals surface area contributed by atoms with E-state index in [1.807, 2.05) is 30.3 Å². The van der Waals surface area contributed by atoms with E-state index in [-0.39, 0.29) is 12.5 Å². The quantitative estimate of drug-likeness (QED) is 0.891. The van der Waals surface area contributed by atoms with Crippen LogP contribution in [0.3, 0.4) is 0 Å². The maximum atomic E-state index is 12.3. The summed E-state index contributed by atoms with van der Waals surface area (Å²) in [5, 5.41) is 1.65. The van der Waals surface area contributed by atoms with Crippen LogP contribution in [0.15, 0.2) is 58.9 Å². The number of allylic oxidation sites excluding steroid dienone is 2. The van der Waals surface area contributed by atoms with Crippen LogP contribution in [-0.4, -0.2) is 23.3 Å². The van der Waals surface area contributed by atoms with Crippen molar-refractivity contribution in [3.8, 4) is 0 Å². The molecule has 3 rings (SSSR count). The molecule has 0 aromatic heterocycles. The van der Waals surface area contributed by atoms with Gasteiger partial charge >= 0.3 is 0 Å². The van der Waals surface area contributed by atoms with E-state index in [0.29, 0.717) is 12.3 Å². The summed E-state index contributed by atoms with van der Waals surface area (Å²) in [5.74, 6) is 0.544. The first-order chi connectivity index (χ1) is 10.7. The highest BCUT2D eigenvalue weighted by molar-refractivity contribution is 5.91. The Morgan fingerprint density at radius 1 is 1.32 bits per heavy atom. The second kappa shape index (κ2) is 6.15. The SMILES string of the molecule is C=C1C2=C(CCC2)N=C(CN)N1NC(=O)Cc1ccccc1. The van der Waals surface area contributed by atoms with Crippen LogP contribution in [0.1, 0.15) is 24.8 Å². The van der Waals surface area contributed by atoms with Gasteiger partial charge in [-0.25, -0.2) is 10.0 Å². The molecule has 1 aromatic rings. The minimum Gasteiger partial charge on any atom is -0.324 e. The van der Waals surface area contributed by atoms with Gasteiger partial charge in [0.2, 0.25) is 5.91 Å². The topological polar surface area (TPSA) is 70.7 Å². The largest absolute Gasteiger partial charge is 0.324 e. The number of hydrogen-bond donors (Lipinski definition) is 2. The number of benzene rings is 1. The summed E-state index contributed by atoms with van der Waals surface area (Å²) in [6.07, 6.45) is 3.31. The Labute approximate surface area is 130 Å². The third-order valence-electron chi connectivity index (χ3n) is 3.96. The van der Waals surface area contributed by atoms with Crippen molar-refractivity contribution in [2.24, 2.45) is 10.7 Å². The van der Waals surface area contributed by atoms with Crippen molar-refractivity contribution in [3.63, 3.8) is 0 Å². The van der Waals surface area contributed by atoms with Crippen molar-refractivity contribution in [2.45, 2.75) is 25.7 Å². The minimum atomic E-state index is -0.101. The lowest BCUT2D eigenvalue weighted by molar-refractivity contribution is -0.123. The monoisotopic (exact) mass is 296 g/mol. The van der Waals surface area contributed by atoms with Gasteiger partial charge in [-0.1, -0.05) is 36.9 Å². The van der Waals surface area contributed by atoms with Crippen LogP contribution in [0.5, 0.6) is 0 Å². The highest BCUT2D eigenvalue weighted by atomic mass is 16.2. The van der Waals surface area contributed by atoms with Crippen molar-refractivity contribution in [1.29, 1.82) is 0 Å². The molecule has 1 aromatic carbocycles. The molecule has 0 unspecified atom stereocenters. The summed E-state index contributed by atoms with van der Waals surface area (Å²) < 4.78 is 0. The third-order valence-corrected chi connectivity index (χ3v) is 3.96. The van der Waals surface area contributed by atoms with Gasteiger partial charge in [-0.3, -0.25) is 10.2 Å². The molecule has 0 spiro atoms. The summed E-state index contributed by atoms with van der Waals surface area (Å²) in [6, 6.07) is 9.64. The zero-order valence-electron chi connectivity index (χ0n) is 12.5. The van der Waals surface area contributed by atoms with Crippen LogP contribution in [-0.2, 0) is 11.2 Å². The van der Waals surface area contributed by atoms with Crippen LogP contribution < -0.4 is 11.2 Å². The van der Waals surface area contributed by atoms with Gasteiger partial charge in [0.15, 0.2) is 0 Å². The molecule has 5 nitrogen and oxygen atoms in total. The van der Waals surface area contributed by atoms with E-state index < -0.39 is 0 Å². The number of carbonyl (C=O) groups is 1. The van der Waals surface area contributed by atoms with Crippen LogP contribution in [0.2, 0.25) is 0 Å². The number of aliphatic imine (C=N–C) groups is 1. The van der Waals surface area contributed by atoms with Crippen LogP contribution in [0, 0.1) is 0 Å². The molecule has 0 saturated carbocycles. The summed E-state index contributed by atoms with van der Waals surface area (Å²) >= 11 is 0. The number of rotatable bonds is 4. The molecule has 0 bridgehead atoms. The Bertz CT molecular complexity index is 660. The van der Waals surface area contributed by atoms with Gasteiger partial charge in [0, 0.05) is 5.70 Å². The van der Waals surface area contributed by atoms with E-state index >= 15 is 0 Å². The standard InChI is InChI=1S/C17H20N4O/c1-12-14-8-5-9-15(14)19-16(11-18)21(12)20-17(22)10-13-6-3-2-4-7-13/h2-4,6-7H,1,5,8-11,18H2,(H,20,22). The molecule has 5 heteroatoms. The molecule has 0 radical (unpaired) electrons. The zero-order valence-corrected chi connectivity index (χ0v) is 12.5. The van der Waals surface area contributed by atoms with Gasteiger partial charge in [0.25, 0.3) is 0 Å². The average molecular weight is 296 g/mol. The molecule has 0 fully saturated rings. The molecular formula is C17H20N4O. The Hall–Kier alpha value is -2.40. The minimum absolute atomic E-state index is 0.101. The van der Waals surface area contributed by atoms with Crippen molar-refractivity contribution in [2.75, 3.05) is 6.54 Å². The molecule has 3 N–H and O–H groups in total. The third kappa shape index (κ3) is 2.80. The fourth-order valence-electron chi connectivity index (χ4n) is 2.87. The molecule has 0 saturated heterocycles. The van der Waals surface area contributed by atoms with E-state index in [4.69, 9.17) is 5.73 Å². The zero-order chi connectivity index (χ0) is 15.5. The first kappa shape index (κ1) is 14.5. The molecule has 22 heavy (non-hydrogen) atoms. The smallest absolute Gasteiger partial charge is 0.243 e. The van der Waals surface area contributed by atoms with Crippen LogP contribution in [0.25, 0.3) is 0 Å². The van der Waals surface area contributed by atoms with Crippen molar-refractivity contribution >= 4 is 11.7 Å². The summed E-state index contributed by atoms with van der Waals surface area (Å²) in [4.78, 5) is 16.8. The highest BCUT2D eigenvalue weighted by Crippen LogP contribution is 2.35. The number of nitrogens with two attached hydrogens (primary N) is 1. The Morgan fingerprint density at radius 3 is 2.82 bits per heavy atom. The predicted molar refractivity (Wildman–Crippen MR) is 86.6 cm³/mol. The number of hydrogen-bond acceptors (Lipinski definition) is 4. The fraction of sp³-hybridized carbons (Fsp3) is 0.294. The van der Waals surface area contributed by atoms with Crippen LogP contribution >= 0.6 is 0 Å². The van der Waals surface area contributed by atoms with Crippen molar-refractivity contribution in [1.82, 2.24) is 10.4 Å². The van der Waals surface area contributed by atoms with E-state index in [9.17, 15) is 4.79 Å².